The lowest BCUT2D eigenvalue weighted by atomic mass is 10.0. The van der Waals surface area contributed by atoms with Crippen molar-refractivity contribution >= 4 is 17.4 Å². The Hall–Kier alpha value is -0.970. The molecule has 0 radical (unpaired) electrons. The van der Waals surface area contributed by atoms with Gasteiger partial charge in [0.25, 0.3) is 0 Å². The van der Waals surface area contributed by atoms with Crippen LogP contribution in [0.5, 0.6) is 0 Å². The second kappa shape index (κ2) is 4.96. The summed E-state index contributed by atoms with van der Waals surface area (Å²) in [6.45, 7) is 3.54. The molecule has 2 heterocycles. The molecule has 0 spiro atoms. The quantitative estimate of drug-likeness (QED) is 0.722. The van der Waals surface area contributed by atoms with Gasteiger partial charge in [0.1, 0.15) is 11.0 Å². The fraction of sp³-hybridized carbons (Fsp3) is 0.583. The smallest absolute Gasteiger partial charge is 0.356 e. The van der Waals surface area contributed by atoms with Gasteiger partial charge in [-0.05, 0) is 30.9 Å². The fourth-order valence-electron chi connectivity index (χ4n) is 2.21. The molecule has 1 aromatic heterocycles. The van der Waals surface area contributed by atoms with Crippen molar-refractivity contribution in [2.45, 2.75) is 25.9 Å². The number of piperidine rings is 1. The summed E-state index contributed by atoms with van der Waals surface area (Å²) in [6.07, 6.45) is -2.32. The minimum absolute atomic E-state index is 0.113. The van der Waals surface area contributed by atoms with Crippen molar-refractivity contribution in [3.63, 3.8) is 0 Å². The molecule has 6 heteroatoms. The van der Waals surface area contributed by atoms with Crippen molar-refractivity contribution in [1.82, 2.24) is 4.98 Å². The van der Waals surface area contributed by atoms with Crippen molar-refractivity contribution < 1.29 is 13.2 Å². The molecular weight excluding hydrogens is 265 g/mol. The first-order valence-corrected chi connectivity index (χ1v) is 6.24. The van der Waals surface area contributed by atoms with Crippen LogP contribution < -0.4 is 4.90 Å². The molecule has 100 valence electrons. The average Bonchev–Trinajstić information content (AvgIpc) is 2.27. The Kier molecular flexibility index (Phi) is 3.71. The van der Waals surface area contributed by atoms with E-state index in [1.165, 1.54) is 0 Å². The van der Waals surface area contributed by atoms with Gasteiger partial charge in [0.15, 0.2) is 0 Å². The average molecular weight is 279 g/mol. The van der Waals surface area contributed by atoms with Crippen molar-refractivity contribution in [3.05, 3.63) is 22.8 Å². The zero-order chi connectivity index (χ0) is 13.3. The van der Waals surface area contributed by atoms with Gasteiger partial charge in [0.05, 0.1) is 5.56 Å². The van der Waals surface area contributed by atoms with Crippen LogP contribution in [0.1, 0.15) is 25.3 Å². The van der Waals surface area contributed by atoms with E-state index in [0.717, 1.165) is 38.1 Å². The van der Waals surface area contributed by atoms with E-state index < -0.39 is 11.7 Å². The number of alkyl halides is 3. The predicted octanol–water partition coefficient (Wildman–Crippen LogP) is 3.99. The van der Waals surface area contributed by atoms with Gasteiger partial charge >= 0.3 is 6.18 Å². The largest absolute Gasteiger partial charge is 0.416 e. The standard InChI is InChI=1S/C12H14ClF3N2/c1-8-3-2-4-18(7-8)11-6-9(12(14,15)16)5-10(13)17-11/h5-6,8H,2-4,7H2,1H3. The topological polar surface area (TPSA) is 16.1 Å². The Morgan fingerprint density at radius 1 is 1.39 bits per heavy atom. The van der Waals surface area contributed by atoms with Crippen LogP contribution in [0.4, 0.5) is 19.0 Å². The van der Waals surface area contributed by atoms with Gasteiger partial charge < -0.3 is 4.90 Å². The number of hydrogen-bond acceptors (Lipinski definition) is 2. The van der Waals surface area contributed by atoms with Crippen LogP contribution in [0.2, 0.25) is 5.15 Å². The van der Waals surface area contributed by atoms with Crippen LogP contribution in [0.3, 0.4) is 0 Å². The molecule has 2 nitrogen and oxygen atoms in total. The SMILES string of the molecule is CC1CCCN(c2cc(C(F)(F)F)cc(Cl)n2)C1. The van der Waals surface area contributed by atoms with E-state index in [0.29, 0.717) is 11.7 Å². The molecule has 1 aliphatic rings. The minimum atomic E-state index is -4.39. The number of halogens is 4. The number of pyridine rings is 1. The third kappa shape index (κ3) is 3.07. The zero-order valence-corrected chi connectivity index (χ0v) is 10.7. The number of rotatable bonds is 1. The van der Waals surface area contributed by atoms with E-state index in [9.17, 15) is 13.2 Å². The summed E-state index contributed by atoms with van der Waals surface area (Å²) in [5, 5.41) is -0.113. The minimum Gasteiger partial charge on any atom is -0.356 e. The maximum atomic E-state index is 12.7. The normalized spacial score (nSPS) is 21.2. The third-order valence-corrected chi connectivity index (χ3v) is 3.28. The first-order chi connectivity index (χ1) is 8.36. The molecule has 1 atom stereocenters. The van der Waals surface area contributed by atoms with Crippen LogP contribution in [-0.2, 0) is 6.18 Å². The van der Waals surface area contributed by atoms with Gasteiger partial charge in [-0.15, -0.1) is 0 Å². The molecule has 18 heavy (non-hydrogen) atoms. The molecule has 0 bridgehead atoms. The number of nitrogens with zero attached hydrogens (tertiary/aromatic N) is 2. The van der Waals surface area contributed by atoms with Crippen LogP contribution in [0.15, 0.2) is 12.1 Å². The summed E-state index contributed by atoms with van der Waals surface area (Å²) in [5.41, 5.74) is -0.740. The molecule has 2 rings (SSSR count). The van der Waals surface area contributed by atoms with E-state index in [1.54, 1.807) is 0 Å². The summed E-state index contributed by atoms with van der Waals surface area (Å²) in [5.74, 6) is 0.787. The molecule has 1 saturated heterocycles. The lowest BCUT2D eigenvalue weighted by Crippen LogP contribution is -2.35. The molecule has 1 unspecified atom stereocenters. The molecule has 1 fully saturated rings. The second-order valence-corrected chi connectivity index (χ2v) is 5.12. The highest BCUT2D eigenvalue weighted by atomic mass is 35.5. The van der Waals surface area contributed by atoms with E-state index in [2.05, 4.69) is 11.9 Å². The maximum absolute atomic E-state index is 12.7. The molecule has 0 aliphatic carbocycles. The first-order valence-electron chi connectivity index (χ1n) is 5.86. The van der Waals surface area contributed by atoms with Gasteiger partial charge in [-0.3, -0.25) is 0 Å². The summed E-state index contributed by atoms with van der Waals surface area (Å²) in [4.78, 5) is 5.87. The Balaban J connectivity index is 2.30. The lowest BCUT2D eigenvalue weighted by molar-refractivity contribution is -0.137. The van der Waals surface area contributed by atoms with Crippen LogP contribution in [-0.4, -0.2) is 18.1 Å². The van der Waals surface area contributed by atoms with Gasteiger partial charge in [0.2, 0.25) is 0 Å². The Bertz CT molecular complexity index is 434. The molecular formula is C12H14ClF3N2. The number of anilines is 1. The predicted molar refractivity (Wildman–Crippen MR) is 64.9 cm³/mol. The summed E-state index contributed by atoms with van der Waals surface area (Å²) >= 11 is 5.67. The van der Waals surface area contributed by atoms with Gasteiger partial charge in [-0.1, -0.05) is 18.5 Å². The Morgan fingerprint density at radius 3 is 2.72 bits per heavy atom. The van der Waals surface area contributed by atoms with Crippen molar-refractivity contribution in [3.8, 4) is 0 Å². The molecule has 1 aromatic rings. The van der Waals surface area contributed by atoms with Crippen molar-refractivity contribution in [1.29, 1.82) is 0 Å². The monoisotopic (exact) mass is 278 g/mol. The molecule has 0 N–H and O–H groups in total. The molecule has 0 aromatic carbocycles. The highest BCUT2D eigenvalue weighted by Gasteiger charge is 2.32. The molecule has 0 saturated carbocycles. The van der Waals surface area contributed by atoms with E-state index in [-0.39, 0.29) is 5.15 Å². The highest BCUT2D eigenvalue weighted by Crippen LogP contribution is 2.33. The van der Waals surface area contributed by atoms with E-state index in [4.69, 9.17) is 11.6 Å². The van der Waals surface area contributed by atoms with Crippen LogP contribution in [0, 0.1) is 5.92 Å². The highest BCUT2D eigenvalue weighted by molar-refractivity contribution is 6.29. The summed E-state index contributed by atoms with van der Waals surface area (Å²) in [7, 11) is 0. The molecule has 1 aliphatic heterocycles. The van der Waals surface area contributed by atoms with Crippen LogP contribution in [0.25, 0.3) is 0 Å². The summed E-state index contributed by atoms with van der Waals surface area (Å²) in [6, 6.07) is 1.93. The Morgan fingerprint density at radius 2 is 2.11 bits per heavy atom. The Labute approximate surface area is 109 Å². The van der Waals surface area contributed by atoms with Gasteiger partial charge in [-0.25, -0.2) is 4.98 Å². The fourth-order valence-corrected chi connectivity index (χ4v) is 2.41. The van der Waals surface area contributed by atoms with Crippen molar-refractivity contribution in [2.75, 3.05) is 18.0 Å². The zero-order valence-electron chi connectivity index (χ0n) is 9.97. The number of aromatic nitrogens is 1. The first kappa shape index (κ1) is 13.5. The van der Waals surface area contributed by atoms with Gasteiger partial charge in [0, 0.05) is 13.1 Å². The summed E-state index contributed by atoms with van der Waals surface area (Å²) < 4.78 is 38.1. The number of hydrogen-bond donors (Lipinski definition) is 0. The van der Waals surface area contributed by atoms with E-state index >= 15 is 0 Å². The van der Waals surface area contributed by atoms with E-state index in [1.807, 2.05) is 4.90 Å². The van der Waals surface area contributed by atoms with Gasteiger partial charge in [-0.2, -0.15) is 13.2 Å². The van der Waals surface area contributed by atoms with Crippen molar-refractivity contribution in [2.24, 2.45) is 5.92 Å². The second-order valence-electron chi connectivity index (χ2n) is 4.73. The maximum Gasteiger partial charge on any atom is 0.416 e. The third-order valence-electron chi connectivity index (χ3n) is 3.09. The van der Waals surface area contributed by atoms with Crippen LogP contribution >= 0.6 is 11.6 Å². The molecule has 0 amide bonds. The lowest BCUT2D eigenvalue weighted by Gasteiger charge is -2.32.